The third-order valence-electron chi connectivity index (χ3n) is 3.76. The molecular formula is C18H13N. The standard InChI is InChI=1S/C18H13N/c19-17-7-3-6-12-8-9-15-10-13-4-1-2-5-14(13)11-16(15)18(12)17/h1-11H,19H2. The maximum absolute atomic E-state index is 6.17. The van der Waals surface area contributed by atoms with E-state index in [1.807, 2.05) is 12.1 Å². The highest BCUT2D eigenvalue weighted by atomic mass is 14.5. The Morgan fingerprint density at radius 3 is 2.11 bits per heavy atom. The molecule has 19 heavy (non-hydrogen) atoms. The second kappa shape index (κ2) is 3.72. The van der Waals surface area contributed by atoms with Gasteiger partial charge >= 0.3 is 0 Å². The SMILES string of the molecule is Nc1cccc2ccc3cc4ccccc4cc3c12. The highest BCUT2D eigenvalue weighted by molar-refractivity contribution is 6.16. The first kappa shape index (κ1) is 10.4. The molecule has 0 aliphatic rings. The molecule has 0 radical (unpaired) electrons. The lowest BCUT2D eigenvalue weighted by atomic mass is 9.97. The van der Waals surface area contributed by atoms with E-state index in [0.717, 1.165) is 11.1 Å². The van der Waals surface area contributed by atoms with Crippen LogP contribution in [0.5, 0.6) is 0 Å². The van der Waals surface area contributed by atoms with Crippen molar-refractivity contribution in [1.82, 2.24) is 0 Å². The van der Waals surface area contributed by atoms with Crippen LogP contribution in [0.1, 0.15) is 0 Å². The molecule has 0 amide bonds. The number of anilines is 1. The molecule has 4 aromatic carbocycles. The molecule has 4 aromatic rings. The van der Waals surface area contributed by atoms with E-state index in [0.29, 0.717) is 0 Å². The van der Waals surface area contributed by atoms with Gasteiger partial charge < -0.3 is 5.73 Å². The minimum absolute atomic E-state index is 0.846. The van der Waals surface area contributed by atoms with Gasteiger partial charge in [-0.2, -0.15) is 0 Å². The highest BCUT2D eigenvalue weighted by Gasteiger charge is 2.04. The van der Waals surface area contributed by atoms with Gasteiger partial charge in [-0.3, -0.25) is 0 Å². The van der Waals surface area contributed by atoms with Crippen LogP contribution in [0.25, 0.3) is 32.3 Å². The molecule has 4 rings (SSSR count). The zero-order valence-corrected chi connectivity index (χ0v) is 10.4. The fourth-order valence-corrected chi connectivity index (χ4v) is 2.83. The predicted molar refractivity (Wildman–Crippen MR) is 83.4 cm³/mol. The van der Waals surface area contributed by atoms with Crippen LogP contribution < -0.4 is 5.73 Å². The number of hydrogen-bond acceptors (Lipinski definition) is 1. The van der Waals surface area contributed by atoms with E-state index in [2.05, 4.69) is 54.6 Å². The molecular weight excluding hydrogens is 230 g/mol. The summed E-state index contributed by atoms with van der Waals surface area (Å²) < 4.78 is 0. The summed E-state index contributed by atoms with van der Waals surface area (Å²) in [5, 5.41) is 7.35. The molecule has 0 unspecified atom stereocenters. The molecule has 0 spiro atoms. The van der Waals surface area contributed by atoms with E-state index < -0.39 is 0 Å². The molecule has 0 saturated heterocycles. The third kappa shape index (κ3) is 1.48. The Labute approximate surface area is 111 Å². The number of nitrogens with two attached hydrogens (primary N) is 1. The number of hydrogen-bond donors (Lipinski definition) is 1. The fourth-order valence-electron chi connectivity index (χ4n) is 2.83. The van der Waals surface area contributed by atoms with Crippen LogP contribution in [0, 0.1) is 0 Å². The molecule has 90 valence electrons. The summed E-state index contributed by atoms with van der Waals surface area (Å²) >= 11 is 0. The maximum Gasteiger partial charge on any atom is 0.0400 e. The normalized spacial score (nSPS) is 11.4. The first-order valence-corrected chi connectivity index (χ1v) is 6.43. The van der Waals surface area contributed by atoms with Crippen LogP contribution in [0.15, 0.2) is 66.7 Å². The number of fused-ring (bicyclic) bond motifs is 4. The Morgan fingerprint density at radius 1 is 0.579 bits per heavy atom. The zero-order chi connectivity index (χ0) is 12.8. The minimum Gasteiger partial charge on any atom is -0.398 e. The van der Waals surface area contributed by atoms with Crippen LogP contribution in [0.3, 0.4) is 0 Å². The van der Waals surface area contributed by atoms with Gasteiger partial charge in [-0.25, -0.2) is 0 Å². The molecule has 2 N–H and O–H groups in total. The lowest BCUT2D eigenvalue weighted by Crippen LogP contribution is -1.88. The summed E-state index contributed by atoms with van der Waals surface area (Å²) in [4.78, 5) is 0. The molecule has 0 heterocycles. The van der Waals surface area contributed by atoms with E-state index in [-0.39, 0.29) is 0 Å². The summed E-state index contributed by atoms with van der Waals surface area (Å²) in [6, 6.07) is 23.3. The zero-order valence-electron chi connectivity index (χ0n) is 10.4. The quantitative estimate of drug-likeness (QED) is 0.270. The van der Waals surface area contributed by atoms with Crippen molar-refractivity contribution in [3.05, 3.63) is 66.7 Å². The van der Waals surface area contributed by atoms with Gasteiger partial charge in [0.15, 0.2) is 0 Å². The summed E-state index contributed by atoms with van der Waals surface area (Å²) in [6.07, 6.45) is 0. The van der Waals surface area contributed by atoms with E-state index in [1.165, 1.54) is 26.9 Å². The topological polar surface area (TPSA) is 26.0 Å². The number of benzene rings is 4. The van der Waals surface area contributed by atoms with Crippen molar-refractivity contribution >= 4 is 38.0 Å². The van der Waals surface area contributed by atoms with Crippen molar-refractivity contribution < 1.29 is 0 Å². The number of nitrogen functional groups attached to an aromatic ring is 1. The molecule has 0 aliphatic carbocycles. The van der Waals surface area contributed by atoms with Crippen LogP contribution in [0.4, 0.5) is 5.69 Å². The lowest BCUT2D eigenvalue weighted by molar-refractivity contribution is 1.75. The molecule has 1 nitrogen and oxygen atoms in total. The van der Waals surface area contributed by atoms with Gasteiger partial charge in [-0.15, -0.1) is 0 Å². The molecule has 0 fully saturated rings. The molecule has 0 bridgehead atoms. The van der Waals surface area contributed by atoms with Crippen molar-refractivity contribution in [3.63, 3.8) is 0 Å². The first-order valence-electron chi connectivity index (χ1n) is 6.43. The molecule has 0 aliphatic heterocycles. The van der Waals surface area contributed by atoms with Crippen LogP contribution in [0.2, 0.25) is 0 Å². The summed E-state index contributed by atoms with van der Waals surface area (Å²) in [5.41, 5.74) is 7.01. The van der Waals surface area contributed by atoms with Crippen LogP contribution >= 0.6 is 0 Å². The number of rotatable bonds is 0. The monoisotopic (exact) mass is 243 g/mol. The van der Waals surface area contributed by atoms with Gasteiger partial charge in [0, 0.05) is 11.1 Å². The van der Waals surface area contributed by atoms with Gasteiger partial charge in [0.1, 0.15) is 0 Å². The third-order valence-corrected chi connectivity index (χ3v) is 3.76. The average Bonchev–Trinajstić information content (AvgIpc) is 2.45. The Kier molecular flexibility index (Phi) is 2.04. The van der Waals surface area contributed by atoms with Crippen molar-refractivity contribution in [2.75, 3.05) is 5.73 Å². The molecule has 0 atom stereocenters. The Bertz CT molecular complexity index is 922. The van der Waals surface area contributed by atoms with Crippen molar-refractivity contribution in [1.29, 1.82) is 0 Å². The van der Waals surface area contributed by atoms with Crippen molar-refractivity contribution in [2.24, 2.45) is 0 Å². The van der Waals surface area contributed by atoms with Gasteiger partial charge in [0.05, 0.1) is 0 Å². The van der Waals surface area contributed by atoms with Crippen LogP contribution in [-0.4, -0.2) is 0 Å². The van der Waals surface area contributed by atoms with Gasteiger partial charge in [0.2, 0.25) is 0 Å². The highest BCUT2D eigenvalue weighted by Crippen LogP contribution is 2.32. The second-order valence-corrected chi connectivity index (χ2v) is 4.93. The Hall–Kier alpha value is -2.54. The Balaban J connectivity index is 2.29. The van der Waals surface area contributed by atoms with Crippen molar-refractivity contribution in [3.8, 4) is 0 Å². The summed E-state index contributed by atoms with van der Waals surface area (Å²) in [6.45, 7) is 0. The largest absolute Gasteiger partial charge is 0.398 e. The smallest absolute Gasteiger partial charge is 0.0400 e. The molecule has 0 aromatic heterocycles. The van der Waals surface area contributed by atoms with E-state index >= 15 is 0 Å². The minimum atomic E-state index is 0.846. The van der Waals surface area contributed by atoms with E-state index in [9.17, 15) is 0 Å². The molecule has 0 saturated carbocycles. The van der Waals surface area contributed by atoms with E-state index in [4.69, 9.17) is 5.73 Å². The second-order valence-electron chi connectivity index (χ2n) is 4.93. The Morgan fingerprint density at radius 2 is 1.26 bits per heavy atom. The fraction of sp³-hybridized carbons (Fsp3) is 0. The summed E-state index contributed by atoms with van der Waals surface area (Å²) in [7, 11) is 0. The van der Waals surface area contributed by atoms with Crippen molar-refractivity contribution in [2.45, 2.75) is 0 Å². The van der Waals surface area contributed by atoms with Gasteiger partial charge in [0.25, 0.3) is 0 Å². The summed E-state index contributed by atoms with van der Waals surface area (Å²) in [5.74, 6) is 0. The van der Waals surface area contributed by atoms with Gasteiger partial charge in [-0.05, 0) is 45.1 Å². The predicted octanol–water partition coefficient (Wildman–Crippen LogP) is 4.73. The average molecular weight is 243 g/mol. The molecule has 1 heteroatoms. The van der Waals surface area contributed by atoms with Crippen LogP contribution in [-0.2, 0) is 0 Å². The maximum atomic E-state index is 6.17. The van der Waals surface area contributed by atoms with Gasteiger partial charge in [-0.1, -0.05) is 48.5 Å². The van der Waals surface area contributed by atoms with E-state index in [1.54, 1.807) is 0 Å². The first-order chi connectivity index (χ1) is 9.33. The lowest BCUT2D eigenvalue weighted by Gasteiger charge is -2.08.